The second-order valence-corrected chi connectivity index (χ2v) is 7.16. The Morgan fingerprint density at radius 1 is 0.727 bits per heavy atom. The van der Waals surface area contributed by atoms with Crippen LogP contribution in [0.3, 0.4) is 0 Å². The summed E-state index contributed by atoms with van der Waals surface area (Å²) in [5, 5.41) is 0. The molecule has 2 unspecified atom stereocenters. The molecule has 0 N–H and O–H groups in total. The Morgan fingerprint density at radius 3 is 1.59 bits per heavy atom. The van der Waals surface area contributed by atoms with Gasteiger partial charge in [0.05, 0.1) is 0 Å². The first kappa shape index (κ1) is 17.1. The molecule has 2 rings (SSSR count). The Balaban J connectivity index is 1.90. The lowest BCUT2D eigenvalue weighted by atomic mass is 9.90. The highest BCUT2D eigenvalue weighted by molar-refractivity contribution is 5.61. The van der Waals surface area contributed by atoms with Gasteiger partial charge in [-0.3, -0.25) is 0 Å². The van der Waals surface area contributed by atoms with E-state index in [1.165, 1.54) is 0 Å². The van der Waals surface area contributed by atoms with Crippen LogP contribution in [0.2, 0.25) is 0 Å². The van der Waals surface area contributed by atoms with Gasteiger partial charge in [-0.15, -0.1) is 0 Å². The van der Waals surface area contributed by atoms with E-state index in [4.69, 9.17) is 9.47 Å². The Morgan fingerprint density at radius 2 is 1.14 bits per heavy atom. The molecule has 0 fully saturated rings. The summed E-state index contributed by atoms with van der Waals surface area (Å²) in [6.45, 7) is 4.08. The van der Waals surface area contributed by atoms with E-state index >= 15 is 0 Å². The molecular weight excluding hydrogens is 276 g/mol. The highest BCUT2D eigenvalue weighted by Gasteiger charge is 2.34. The Labute approximate surface area is 134 Å². The van der Waals surface area contributed by atoms with Crippen molar-refractivity contribution < 1.29 is 14.3 Å². The van der Waals surface area contributed by atoms with Crippen molar-refractivity contribution in [3.8, 4) is 0 Å². The molecule has 0 aromatic carbocycles. The average molecular weight is 306 g/mol. The number of carbonyl (C=O) groups excluding carboxylic acids is 1. The van der Waals surface area contributed by atoms with Crippen molar-refractivity contribution in [1.29, 1.82) is 0 Å². The van der Waals surface area contributed by atoms with E-state index in [1.807, 2.05) is 13.8 Å². The van der Waals surface area contributed by atoms with Crippen molar-refractivity contribution in [3.05, 3.63) is 24.3 Å². The molecule has 0 aromatic rings. The fraction of sp³-hybridized carbons (Fsp3) is 0.737. The molecule has 3 nitrogen and oxygen atoms in total. The summed E-state index contributed by atoms with van der Waals surface area (Å²) in [4.78, 5) is 12.3. The Kier molecular flexibility index (Phi) is 6.10. The zero-order valence-electron chi connectivity index (χ0n) is 14.1. The van der Waals surface area contributed by atoms with E-state index in [0.29, 0.717) is 0 Å². The molecule has 124 valence electrons. The number of carbonyl (C=O) groups is 1. The molecule has 0 spiro atoms. The molecule has 2 atom stereocenters. The zero-order chi connectivity index (χ0) is 15.9. The van der Waals surface area contributed by atoms with Crippen LogP contribution in [0.25, 0.3) is 0 Å². The van der Waals surface area contributed by atoms with Crippen LogP contribution >= 0.6 is 0 Å². The highest BCUT2D eigenvalue weighted by atomic mass is 16.7. The highest BCUT2D eigenvalue weighted by Crippen LogP contribution is 2.31. The number of hydrogen-bond acceptors (Lipinski definition) is 3. The van der Waals surface area contributed by atoms with Crippen molar-refractivity contribution in [1.82, 2.24) is 0 Å². The van der Waals surface area contributed by atoms with Gasteiger partial charge in [-0.2, -0.15) is 0 Å². The van der Waals surface area contributed by atoms with Crippen molar-refractivity contribution in [2.45, 2.75) is 89.3 Å². The van der Waals surface area contributed by atoms with Gasteiger partial charge >= 0.3 is 6.16 Å². The molecule has 2 aliphatic rings. The predicted octanol–water partition coefficient (Wildman–Crippen LogP) is 5.70. The molecule has 0 amide bonds. The molecule has 3 heteroatoms. The fourth-order valence-corrected chi connectivity index (χ4v) is 3.31. The van der Waals surface area contributed by atoms with Crippen LogP contribution < -0.4 is 0 Å². The topological polar surface area (TPSA) is 35.5 Å². The minimum Gasteiger partial charge on any atom is -0.428 e. The molecular formula is C19H30O3. The van der Waals surface area contributed by atoms with Crippen LogP contribution in [0.15, 0.2) is 24.3 Å². The summed E-state index contributed by atoms with van der Waals surface area (Å²) in [6.07, 6.45) is 18.1. The summed E-state index contributed by atoms with van der Waals surface area (Å²) < 4.78 is 11.5. The van der Waals surface area contributed by atoms with E-state index < -0.39 is 6.16 Å². The standard InChI is InChI=1S/C19H30O3/c1-18(13-9-5-3-6-10-14-18)21-17(20)22-19(2)15-11-7-4-8-12-16-19/h3-5,7H,6,8-16H2,1-2H3. The minimum absolute atomic E-state index is 0.389. The SMILES string of the molecule is CC1(OC(=O)OC2(C)CCC=CCCC2)CCC=CCCC1. The van der Waals surface area contributed by atoms with Crippen molar-refractivity contribution in [2.75, 3.05) is 0 Å². The van der Waals surface area contributed by atoms with Crippen LogP contribution in [0.4, 0.5) is 4.79 Å². The quantitative estimate of drug-likeness (QED) is 0.485. The lowest BCUT2D eigenvalue weighted by molar-refractivity contribution is -0.0809. The molecule has 0 aromatic heterocycles. The maximum Gasteiger partial charge on any atom is 0.509 e. The van der Waals surface area contributed by atoms with Crippen LogP contribution in [-0.2, 0) is 9.47 Å². The molecule has 0 heterocycles. The maximum absolute atomic E-state index is 12.3. The maximum atomic E-state index is 12.3. The lowest BCUT2D eigenvalue weighted by Gasteiger charge is -2.34. The van der Waals surface area contributed by atoms with E-state index in [2.05, 4.69) is 24.3 Å². The fourth-order valence-electron chi connectivity index (χ4n) is 3.31. The average Bonchev–Trinajstić information content (AvgIpc) is 2.40. The smallest absolute Gasteiger partial charge is 0.428 e. The van der Waals surface area contributed by atoms with Crippen LogP contribution in [0.5, 0.6) is 0 Å². The third-order valence-corrected chi connectivity index (χ3v) is 4.83. The van der Waals surface area contributed by atoms with Crippen molar-refractivity contribution >= 4 is 6.16 Å². The first-order valence-corrected chi connectivity index (χ1v) is 8.73. The number of allylic oxidation sites excluding steroid dienone is 4. The minimum atomic E-state index is -0.487. The van der Waals surface area contributed by atoms with E-state index in [9.17, 15) is 4.79 Å². The normalized spacial score (nSPS) is 33.2. The molecule has 0 aliphatic heterocycles. The van der Waals surface area contributed by atoms with Crippen LogP contribution in [-0.4, -0.2) is 17.4 Å². The van der Waals surface area contributed by atoms with Gasteiger partial charge in [-0.1, -0.05) is 24.3 Å². The van der Waals surface area contributed by atoms with Crippen molar-refractivity contribution in [2.24, 2.45) is 0 Å². The third-order valence-electron chi connectivity index (χ3n) is 4.83. The second-order valence-electron chi connectivity index (χ2n) is 7.16. The van der Waals surface area contributed by atoms with E-state index in [1.54, 1.807) is 0 Å². The first-order chi connectivity index (χ1) is 10.5. The van der Waals surface area contributed by atoms with E-state index in [0.717, 1.165) is 64.2 Å². The van der Waals surface area contributed by atoms with Gasteiger partial charge in [0.1, 0.15) is 11.2 Å². The first-order valence-electron chi connectivity index (χ1n) is 8.73. The summed E-state index contributed by atoms with van der Waals surface area (Å²) in [7, 11) is 0. The molecule has 0 saturated heterocycles. The zero-order valence-corrected chi connectivity index (χ0v) is 14.1. The Hall–Kier alpha value is -1.25. The predicted molar refractivity (Wildman–Crippen MR) is 88.8 cm³/mol. The van der Waals surface area contributed by atoms with Gasteiger partial charge in [0.25, 0.3) is 0 Å². The van der Waals surface area contributed by atoms with Crippen LogP contribution in [0, 0.1) is 0 Å². The summed E-state index contributed by atoms with van der Waals surface area (Å²) in [5.41, 5.74) is -0.778. The number of ether oxygens (including phenoxy) is 2. The number of rotatable bonds is 2. The summed E-state index contributed by atoms with van der Waals surface area (Å²) in [5.74, 6) is 0. The van der Waals surface area contributed by atoms with Crippen molar-refractivity contribution in [3.63, 3.8) is 0 Å². The van der Waals surface area contributed by atoms with Gasteiger partial charge in [0.15, 0.2) is 0 Å². The van der Waals surface area contributed by atoms with Gasteiger partial charge in [-0.25, -0.2) is 4.79 Å². The lowest BCUT2D eigenvalue weighted by Crippen LogP contribution is -2.38. The third kappa shape index (κ3) is 5.51. The monoisotopic (exact) mass is 306 g/mol. The summed E-state index contributed by atoms with van der Waals surface area (Å²) >= 11 is 0. The Bertz CT molecular complexity index is 388. The molecule has 22 heavy (non-hydrogen) atoms. The van der Waals surface area contributed by atoms with Gasteiger partial charge in [0, 0.05) is 0 Å². The molecule has 0 saturated carbocycles. The van der Waals surface area contributed by atoms with Gasteiger partial charge in [0.2, 0.25) is 0 Å². The number of hydrogen-bond donors (Lipinski definition) is 0. The largest absolute Gasteiger partial charge is 0.509 e. The van der Waals surface area contributed by atoms with E-state index in [-0.39, 0.29) is 11.2 Å². The molecule has 2 aliphatic carbocycles. The second kappa shape index (κ2) is 7.85. The van der Waals surface area contributed by atoms with Gasteiger partial charge in [-0.05, 0) is 78.1 Å². The summed E-state index contributed by atoms with van der Waals surface area (Å²) in [6, 6.07) is 0. The van der Waals surface area contributed by atoms with Crippen LogP contribution in [0.1, 0.15) is 78.1 Å². The molecule has 0 bridgehead atoms. The van der Waals surface area contributed by atoms with Gasteiger partial charge < -0.3 is 9.47 Å². The molecule has 0 radical (unpaired) electrons.